The van der Waals surface area contributed by atoms with Crippen LogP contribution in [0.15, 0.2) is 66.9 Å². The Morgan fingerprint density at radius 1 is 1.15 bits per heavy atom. The van der Waals surface area contributed by atoms with Crippen molar-refractivity contribution in [3.05, 3.63) is 99.8 Å². The van der Waals surface area contributed by atoms with E-state index in [-0.39, 0.29) is 0 Å². The summed E-state index contributed by atoms with van der Waals surface area (Å²) < 4.78 is 6.16. The molecule has 5 nitrogen and oxygen atoms in total. The van der Waals surface area contributed by atoms with Crippen LogP contribution in [0, 0.1) is 0 Å². The molecule has 39 heavy (non-hydrogen) atoms. The molecule has 5 rings (SSSR count). The van der Waals surface area contributed by atoms with E-state index in [2.05, 4.69) is 52.0 Å². The zero-order chi connectivity index (χ0) is 27.4. The molecular formula is C33H40ClN3O2. The van der Waals surface area contributed by atoms with E-state index in [9.17, 15) is 5.11 Å². The van der Waals surface area contributed by atoms with Crippen LogP contribution in [0.1, 0.15) is 61.6 Å². The molecule has 0 spiro atoms. The predicted molar refractivity (Wildman–Crippen MR) is 159 cm³/mol. The molecule has 2 aromatic carbocycles. The summed E-state index contributed by atoms with van der Waals surface area (Å²) >= 11 is 6.06. The molecule has 0 saturated carbocycles. The number of nitrogens with zero attached hydrogens (tertiary/aromatic N) is 3. The topological polar surface area (TPSA) is 48.8 Å². The van der Waals surface area contributed by atoms with Gasteiger partial charge in [-0.1, -0.05) is 48.9 Å². The first kappa shape index (κ1) is 27.9. The first-order chi connectivity index (χ1) is 18.8. The van der Waals surface area contributed by atoms with Gasteiger partial charge in [0.1, 0.15) is 12.4 Å². The van der Waals surface area contributed by atoms with Crippen molar-refractivity contribution in [2.45, 2.75) is 58.3 Å². The normalized spacial score (nSPS) is 18.6. The average Bonchev–Trinajstić information content (AvgIpc) is 3.33. The molecule has 1 saturated heterocycles. The van der Waals surface area contributed by atoms with Crippen molar-refractivity contribution in [3.63, 3.8) is 0 Å². The highest BCUT2D eigenvalue weighted by Crippen LogP contribution is 2.38. The van der Waals surface area contributed by atoms with Crippen molar-refractivity contribution < 1.29 is 9.84 Å². The van der Waals surface area contributed by atoms with E-state index in [4.69, 9.17) is 16.3 Å². The van der Waals surface area contributed by atoms with Gasteiger partial charge in [-0.2, -0.15) is 0 Å². The second kappa shape index (κ2) is 12.2. The van der Waals surface area contributed by atoms with E-state index in [1.165, 1.54) is 12.0 Å². The number of rotatable bonds is 9. The number of benzene rings is 2. The van der Waals surface area contributed by atoms with Crippen LogP contribution in [0.3, 0.4) is 0 Å². The Morgan fingerprint density at radius 3 is 2.74 bits per heavy atom. The molecule has 1 aromatic heterocycles. The van der Waals surface area contributed by atoms with Gasteiger partial charge in [-0.05, 0) is 93.2 Å². The Labute approximate surface area is 238 Å². The van der Waals surface area contributed by atoms with Gasteiger partial charge in [-0.15, -0.1) is 0 Å². The fourth-order valence-electron chi connectivity index (χ4n) is 5.78. The molecular weight excluding hydrogens is 506 g/mol. The van der Waals surface area contributed by atoms with Crippen molar-refractivity contribution in [2.24, 2.45) is 0 Å². The summed E-state index contributed by atoms with van der Waals surface area (Å²) in [6.07, 6.45) is 7.38. The Hall–Kier alpha value is -2.70. The highest BCUT2D eigenvalue weighted by molar-refractivity contribution is 6.30. The number of ether oxygens (including phenoxy) is 1. The maximum atomic E-state index is 10.7. The lowest BCUT2D eigenvalue weighted by atomic mass is 9.90. The van der Waals surface area contributed by atoms with Crippen molar-refractivity contribution in [1.29, 1.82) is 0 Å². The Kier molecular flexibility index (Phi) is 8.73. The maximum absolute atomic E-state index is 10.7. The zero-order valence-electron chi connectivity index (χ0n) is 23.4. The van der Waals surface area contributed by atoms with Crippen LogP contribution in [0.5, 0.6) is 5.75 Å². The number of likely N-dealkylation sites (tertiary alicyclic amines) is 1. The SMILES string of the molecule is CCN(CCc1ccc(Cl)cc1)C1CCN(CC/C=C2/c3cc(C(C)(C)O)ccc3OCc3ncccc32)C1. The molecule has 1 atom stereocenters. The van der Waals surface area contributed by atoms with Gasteiger partial charge in [-0.25, -0.2) is 0 Å². The van der Waals surface area contributed by atoms with Gasteiger partial charge in [0.15, 0.2) is 0 Å². The summed E-state index contributed by atoms with van der Waals surface area (Å²) in [7, 11) is 0. The Balaban J connectivity index is 1.27. The average molecular weight is 546 g/mol. The maximum Gasteiger partial charge on any atom is 0.131 e. The third kappa shape index (κ3) is 6.72. The first-order valence-corrected chi connectivity index (χ1v) is 14.5. The molecule has 1 unspecified atom stereocenters. The summed E-state index contributed by atoms with van der Waals surface area (Å²) in [5.74, 6) is 0.841. The van der Waals surface area contributed by atoms with E-state index >= 15 is 0 Å². The van der Waals surface area contributed by atoms with Gasteiger partial charge in [0.05, 0.1) is 11.3 Å². The number of likely N-dealkylation sites (N-methyl/N-ethyl adjacent to an activating group) is 1. The highest BCUT2D eigenvalue weighted by Gasteiger charge is 2.27. The molecule has 2 aliphatic heterocycles. The standard InChI is InChI=1S/C33H40ClN3O2/c1-4-37(20-15-24-9-12-26(34)13-10-24)27-16-19-36(22-27)18-6-8-28-29-7-5-17-35-31(29)23-39-32-14-11-25(21-30(28)32)33(2,3)38/h5,7-14,17,21,27,38H,4,6,15-16,18-20,22-23H2,1-3H3/b28-8+. The van der Waals surface area contributed by atoms with Gasteiger partial charge in [-0.3, -0.25) is 9.88 Å². The smallest absolute Gasteiger partial charge is 0.131 e. The predicted octanol–water partition coefficient (Wildman–Crippen LogP) is 6.32. The summed E-state index contributed by atoms with van der Waals surface area (Å²) in [5, 5.41) is 11.5. The molecule has 0 bridgehead atoms. The number of hydrogen-bond donors (Lipinski definition) is 1. The quantitative estimate of drug-likeness (QED) is 0.341. The first-order valence-electron chi connectivity index (χ1n) is 14.2. The van der Waals surface area contributed by atoms with Crippen LogP contribution < -0.4 is 4.74 Å². The molecule has 0 aliphatic carbocycles. The van der Waals surface area contributed by atoms with E-state index in [1.54, 1.807) is 0 Å². The Morgan fingerprint density at radius 2 is 1.97 bits per heavy atom. The second-order valence-electron chi connectivity index (χ2n) is 11.2. The second-order valence-corrected chi connectivity index (χ2v) is 11.6. The van der Waals surface area contributed by atoms with Crippen LogP contribution >= 0.6 is 11.6 Å². The molecule has 6 heteroatoms. The summed E-state index contributed by atoms with van der Waals surface area (Å²) in [4.78, 5) is 9.84. The fraction of sp³-hybridized carbons (Fsp3) is 0.424. The van der Waals surface area contributed by atoms with Crippen LogP contribution in [0.25, 0.3) is 5.57 Å². The summed E-state index contributed by atoms with van der Waals surface area (Å²) in [6.45, 7) is 11.8. The number of aliphatic hydroxyl groups is 1. The minimum atomic E-state index is -0.923. The van der Waals surface area contributed by atoms with Crippen molar-refractivity contribution in [2.75, 3.05) is 32.7 Å². The van der Waals surface area contributed by atoms with Crippen molar-refractivity contribution >= 4 is 17.2 Å². The summed E-state index contributed by atoms with van der Waals surface area (Å²) in [6, 6.07) is 19.0. The van der Waals surface area contributed by atoms with Crippen LogP contribution in [-0.2, 0) is 18.6 Å². The molecule has 0 radical (unpaired) electrons. The third-order valence-electron chi connectivity index (χ3n) is 8.09. The van der Waals surface area contributed by atoms with Crippen LogP contribution in [0.2, 0.25) is 5.02 Å². The van der Waals surface area contributed by atoms with Crippen molar-refractivity contribution in [3.8, 4) is 5.75 Å². The minimum Gasteiger partial charge on any atom is -0.487 e. The Bertz CT molecular complexity index is 1300. The van der Waals surface area contributed by atoms with Gasteiger partial charge in [0.25, 0.3) is 0 Å². The number of halogens is 1. The lowest BCUT2D eigenvalue weighted by Crippen LogP contribution is -2.38. The van der Waals surface area contributed by atoms with E-state index in [0.717, 1.165) is 84.3 Å². The van der Waals surface area contributed by atoms with Gasteiger partial charge >= 0.3 is 0 Å². The lowest BCUT2D eigenvalue weighted by molar-refractivity contribution is 0.0785. The molecule has 2 aliphatic rings. The van der Waals surface area contributed by atoms with E-state index in [1.807, 2.05) is 50.4 Å². The number of aromatic nitrogens is 1. The van der Waals surface area contributed by atoms with E-state index in [0.29, 0.717) is 12.6 Å². The van der Waals surface area contributed by atoms with Gasteiger partial charge < -0.3 is 14.7 Å². The van der Waals surface area contributed by atoms with Crippen LogP contribution in [-0.4, -0.2) is 58.7 Å². The lowest BCUT2D eigenvalue weighted by Gasteiger charge is -2.28. The highest BCUT2D eigenvalue weighted by atomic mass is 35.5. The van der Waals surface area contributed by atoms with Gasteiger partial charge in [0.2, 0.25) is 0 Å². The number of hydrogen-bond acceptors (Lipinski definition) is 5. The molecule has 1 fully saturated rings. The molecule has 3 heterocycles. The van der Waals surface area contributed by atoms with Crippen LogP contribution in [0.4, 0.5) is 0 Å². The third-order valence-corrected chi connectivity index (χ3v) is 8.34. The van der Waals surface area contributed by atoms with Gasteiger partial charge in [0, 0.05) is 48.0 Å². The largest absolute Gasteiger partial charge is 0.487 e. The molecule has 0 amide bonds. The molecule has 206 valence electrons. The van der Waals surface area contributed by atoms with Crippen molar-refractivity contribution in [1.82, 2.24) is 14.8 Å². The minimum absolute atomic E-state index is 0.444. The fourth-order valence-corrected chi connectivity index (χ4v) is 5.91. The molecule has 3 aromatic rings. The monoisotopic (exact) mass is 545 g/mol. The zero-order valence-corrected chi connectivity index (χ0v) is 24.1. The van der Waals surface area contributed by atoms with E-state index < -0.39 is 5.60 Å². The molecule has 1 N–H and O–H groups in total. The number of pyridine rings is 1. The number of fused-ring (bicyclic) bond motifs is 2. The summed E-state index contributed by atoms with van der Waals surface area (Å²) in [5.41, 5.74) is 5.53.